The van der Waals surface area contributed by atoms with Crippen LogP contribution in [0.3, 0.4) is 0 Å². The number of hydrogen-bond acceptors (Lipinski definition) is 6. The van der Waals surface area contributed by atoms with Crippen LogP contribution in [-0.2, 0) is 9.47 Å². The minimum Gasteiger partial charge on any atom is -0.443 e. The first-order chi connectivity index (χ1) is 17.8. The van der Waals surface area contributed by atoms with Crippen LogP contribution >= 0.6 is 0 Å². The van der Waals surface area contributed by atoms with E-state index in [9.17, 15) is 10.1 Å². The van der Waals surface area contributed by atoms with Crippen molar-refractivity contribution in [1.82, 2.24) is 4.57 Å². The third-order valence-electron chi connectivity index (χ3n) is 6.22. The van der Waals surface area contributed by atoms with Gasteiger partial charge < -0.3 is 19.7 Å². The molecule has 0 saturated carbocycles. The Hall–Kier alpha value is -4.28. The third kappa shape index (κ3) is 5.45. The molecule has 37 heavy (non-hydrogen) atoms. The molecule has 0 amide bonds. The van der Waals surface area contributed by atoms with Crippen LogP contribution < -0.4 is 10.2 Å². The number of aromatic nitrogens is 1. The molecule has 2 heterocycles. The van der Waals surface area contributed by atoms with Crippen LogP contribution in [0.5, 0.6) is 0 Å². The van der Waals surface area contributed by atoms with Gasteiger partial charge in [0.25, 0.3) is 0 Å². The number of carbonyl (C=O) groups excluding carboxylic acids is 1. The molecule has 1 aromatic heterocycles. The van der Waals surface area contributed by atoms with Crippen LogP contribution in [0, 0.1) is 11.3 Å². The lowest BCUT2D eigenvalue weighted by molar-refractivity contribution is 0.0547. The van der Waals surface area contributed by atoms with Crippen molar-refractivity contribution in [2.24, 2.45) is 0 Å². The van der Waals surface area contributed by atoms with Crippen molar-refractivity contribution in [2.75, 3.05) is 36.5 Å². The van der Waals surface area contributed by atoms with Gasteiger partial charge in [0.05, 0.1) is 36.1 Å². The first-order valence-corrected chi connectivity index (χ1v) is 12.4. The standard InChI is InChI=1S/C30H30N4O3/c1-30(2,3)37-29(35)34-27-18-21(20-31)4-5-23(27)19-28(34)22-6-8-24(9-7-22)32-25-10-12-26(13-11-25)33-14-16-36-17-15-33/h4-13,18-19,32H,14-17H2,1-3H3. The molecular formula is C30H30N4O3. The summed E-state index contributed by atoms with van der Waals surface area (Å²) in [5, 5.41) is 13.7. The third-order valence-corrected chi connectivity index (χ3v) is 6.22. The van der Waals surface area contributed by atoms with Crippen molar-refractivity contribution in [2.45, 2.75) is 26.4 Å². The smallest absolute Gasteiger partial charge is 0.419 e. The number of anilines is 3. The van der Waals surface area contributed by atoms with Gasteiger partial charge in [-0.15, -0.1) is 0 Å². The summed E-state index contributed by atoms with van der Waals surface area (Å²) in [6.07, 6.45) is -0.477. The lowest BCUT2D eigenvalue weighted by Gasteiger charge is -2.28. The molecule has 0 bridgehead atoms. The van der Waals surface area contributed by atoms with E-state index in [1.54, 1.807) is 16.7 Å². The van der Waals surface area contributed by atoms with Gasteiger partial charge in [-0.1, -0.05) is 18.2 Å². The lowest BCUT2D eigenvalue weighted by Crippen LogP contribution is -2.36. The normalized spacial score (nSPS) is 13.8. The Morgan fingerprint density at radius 1 is 0.946 bits per heavy atom. The van der Waals surface area contributed by atoms with E-state index in [4.69, 9.17) is 9.47 Å². The highest BCUT2D eigenvalue weighted by Gasteiger charge is 2.23. The largest absolute Gasteiger partial charge is 0.443 e. The molecule has 1 N–H and O–H groups in total. The van der Waals surface area contributed by atoms with Gasteiger partial charge in [0.2, 0.25) is 0 Å². The van der Waals surface area contributed by atoms with Gasteiger partial charge in [-0.05, 0) is 80.9 Å². The molecule has 0 atom stereocenters. The molecule has 1 saturated heterocycles. The maximum absolute atomic E-state index is 13.2. The van der Waals surface area contributed by atoms with Gasteiger partial charge >= 0.3 is 6.09 Å². The van der Waals surface area contributed by atoms with E-state index in [1.807, 2.05) is 57.2 Å². The van der Waals surface area contributed by atoms with Crippen molar-refractivity contribution in [3.8, 4) is 17.3 Å². The number of benzene rings is 3. The number of fused-ring (bicyclic) bond motifs is 1. The summed E-state index contributed by atoms with van der Waals surface area (Å²) in [5.74, 6) is 0. The molecule has 1 aliphatic heterocycles. The number of nitriles is 1. The van der Waals surface area contributed by atoms with Crippen LogP contribution in [0.1, 0.15) is 26.3 Å². The lowest BCUT2D eigenvalue weighted by atomic mass is 10.1. The second-order valence-corrected chi connectivity index (χ2v) is 10.1. The Morgan fingerprint density at radius 2 is 1.59 bits per heavy atom. The minimum absolute atomic E-state index is 0.477. The van der Waals surface area contributed by atoms with Gasteiger partial charge in [0.15, 0.2) is 0 Å². The van der Waals surface area contributed by atoms with Crippen LogP contribution in [0.25, 0.3) is 22.2 Å². The van der Waals surface area contributed by atoms with Gasteiger partial charge in [0.1, 0.15) is 5.60 Å². The fourth-order valence-corrected chi connectivity index (χ4v) is 4.46. The van der Waals surface area contributed by atoms with Crippen molar-refractivity contribution in [3.05, 3.63) is 78.4 Å². The molecular weight excluding hydrogens is 464 g/mol. The Labute approximate surface area is 216 Å². The Kier molecular flexibility index (Phi) is 6.60. The highest BCUT2D eigenvalue weighted by molar-refractivity contribution is 5.97. The van der Waals surface area contributed by atoms with E-state index >= 15 is 0 Å². The summed E-state index contributed by atoms with van der Waals surface area (Å²) in [6.45, 7) is 8.86. The monoisotopic (exact) mass is 494 g/mol. The zero-order valence-electron chi connectivity index (χ0n) is 21.3. The zero-order chi connectivity index (χ0) is 26.0. The zero-order valence-corrected chi connectivity index (χ0v) is 21.3. The summed E-state index contributed by atoms with van der Waals surface area (Å²) < 4.78 is 12.7. The second-order valence-electron chi connectivity index (χ2n) is 10.1. The van der Waals surface area contributed by atoms with Crippen molar-refractivity contribution in [3.63, 3.8) is 0 Å². The number of carbonyl (C=O) groups is 1. The minimum atomic E-state index is -0.650. The van der Waals surface area contributed by atoms with E-state index in [0.717, 1.165) is 48.6 Å². The first kappa shape index (κ1) is 24.4. The Bertz CT molecular complexity index is 1450. The molecule has 188 valence electrons. The van der Waals surface area contributed by atoms with Crippen molar-refractivity contribution < 1.29 is 14.3 Å². The fourth-order valence-electron chi connectivity index (χ4n) is 4.46. The molecule has 7 nitrogen and oxygen atoms in total. The number of nitrogens with one attached hydrogen (secondary N) is 1. The quantitative estimate of drug-likeness (QED) is 0.347. The number of ether oxygens (including phenoxy) is 2. The van der Waals surface area contributed by atoms with Crippen LogP contribution in [0.15, 0.2) is 72.8 Å². The summed E-state index contributed by atoms with van der Waals surface area (Å²) in [6, 6.07) is 25.8. The molecule has 0 unspecified atom stereocenters. The summed E-state index contributed by atoms with van der Waals surface area (Å²) in [4.78, 5) is 15.5. The number of hydrogen-bond donors (Lipinski definition) is 1. The average molecular weight is 495 g/mol. The van der Waals surface area contributed by atoms with Crippen molar-refractivity contribution >= 4 is 34.1 Å². The van der Waals surface area contributed by atoms with E-state index < -0.39 is 11.7 Å². The molecule has 0 radical (unpaired) electrons. The fraction of sp³-hybridized carbons (Fsp3) is 0.267. The predicted molar refractivity (Wildman–Crippen MR) is 146 cm³/mol. The molecule has 1 fully saturated rings. The topological polar surface area (TPSA) is 79.5 Å². The molecule has 1 aliphatic rings. The van der Waals surface area contributed by atoms with Crippen LogP contribution in [0.2, 0.25) is 0 Å². The Balaban J connectivity index is 1.41. The van der Waals surface area contributed by atoms with Crippen LogP contribution in [0.4, 0.5) is 21.9 Å². The summed E-state index contributed by atoms with van der Waals surface area (Å²) in [7, 11) is 0. The SMILES string of the molecule is CC(C)(C)OC(=O)n1c(-c2ccc(Nc3ccc(N4CCOCC4)cc3)cc2)cc2ccc(C#N)cc21. The first-order valence-electron chi connectivity index (χ1n) is 12.4. The van der Waals surface area contributed by atoms with E-state index in [1.165, 1.54) is 5.69 Å². The second kappa shape index (κ2) is 10.00. The number of nitrogens with zero attached hydrogens (tertiary/aromatic N) is 3. The molecule has 0 spiro atoms. The van der Waals surface area contributed by atoms with Gasteiger partial charge in [0, 0.05) is 35.5 Å². The Morgan fingerprint density at radius 3 is 2.22 bits per heavy atom. The van der Waals surface area contributed by atoms with Gasteiger partial charge in [-0.25, -0.2) is 9.36 Å². The summed E-state index contributed by atoms with van der Waals surface area (Å²) >= 11 is 0. The van der Waals surface area contributed by atoms with Gasteiger partial charge in [-0.3, -0.25) is 0 Å². The highest BCUT2D eigenvalue weighted by atomic mass is 16.6. The van der Waals surface area contributed by atoms with E-state index in [2.05, 4.69) is 40.6 Å². The van der Waals surface area contributed by atoms with Crippen LogP contribution in [-0.4, -0.2) is 42.6 Å². The van der Waals surface area contributed by atoms with Crippen molar-refractivity contribution in [1.29, 1.82) is 5.26 Å². The highest BCUT2D eigenvalue weighted by Crippen LogP contribution is 2.31. The molecule has 5 rings (SSSR count). The predicted octanol–water partition coefficient (Wildman–Crippen LogP) is 6.54. The molecule has 0 aliphatic carbocycles. The van der Waals surface area contributed by atoms with Gasteiger partial charge in [-0.2, -0.15) is 5.26 Å². The molecule has 3 aromatic carbocycles. The molecule has 4 aromatic rings. The number of rotatable bonds is 4. The van der Waals surface area contributed by atoms with E-state index in [-0.39, 0.29) is 0 Å². The van der Waals surface area contributed by atoms with E-state index in [0.29, 0.717) is 16.8 Å². The molecule has 7 heteroatoms. The maximum Gasteiger partial charge on any atom is 0.419 e. The summed E-state index contributed by atoms with van der Waals surface area (Å²) in [5.41, 5.74) is 5.19. The maximum atomic E-state index is 13.2. The average Bonchev–Trinajstić information content (AvgIpc) is 3.28. The number of morpholine rings is 1.